The minimum Gasteiger partial charge on any atom is -0.358 e. The average Bonchev–Trinajstić information content (AvgIpc) is 2.93. The summed E-state index contributed by atoms with van der Waals surface area (Å²) < 4.78 is 0. The van der Waals surface area contributed by atoms with Gasteiger partial charge in [0.1, 0.15) is 0 Å². The topological polar surface area (TPSA) is 15.8 Å². The fourth-order valence-corrected chi connectivity index (χ4v) is 3.44. The van der Waals surface area contributed by atoms with E-state index in [-0.39, 0.29) is 0 Å². The van der Waals surface area contributed by atoms with Crippen LogP contribution in [0.4, 0.5) is 0 Å². The van der Waals surface area contributed by atoms with Crippen molar-refractivity contribution in [1.29, 1.82) is 0 Å². The van der Waals surface area contributed by atoms with E-state index in [1.807, 2.05) is 0 Å². The zero-order chi connectivity index (χ0) is 13.7. The van der Waals surface area contributed by atoms with Crippen LogP contribution in [0.15, 0.2) is 42.5 Å². The summed E-state index contributed by atoms with van der Waals surface area (Å²) in [5.74, 6) is 0.701. The van der Waals surface area contributed by atoms with Crippen LogP contribution in [0.2, 0.25) is 0 Å². The first kappa shape index (κ1) is 11.8. The molecule has 0 bridgehead atoms. The van der Waals surface area contributed by atoms with Crippen LogP contribution in [0.5, 0.6) is 0 Å². The number of benzene rings is 2. The van der Waals surface area contributed by atoms with Crippen molar-refractivity contribution in [3.05, 3.63) is 59.3 Å². The summed E-state index contributed by atoms with van der Waals surface area (Å²) in [5.41, 5.74) is 8.39. The molecule has 0 radical (unpaired) electrons. The molecule has 0 atom stereocenters. The third-order valence-electron chi connectivity index (χ3n) is 4.24. The van der Waals surface area contributed by atoms with Crippen molar-refractivity contribution in [2.24, 2.45) is 5.92 Å². The van der Waals surface area contributed by atoms with Crippen molar-refractivity contribution >= 4 is 10.9 Å². The molecule has 0 spiro atoms. The van der Waals surface area contributed by atoms with Gasteiger partial charge in [-0.25, -0.2) is 0 Å². The minimum atomic E-state index is 0.701. The lowest BCUT2D eigenvalue weighted by Crippen LogP contribution is -1.93. The van der Waals surface area contributed by atoms with E-state index in [1.165, 1.54) is 38.9 Å². The molecule has 0 fully saturated rings. The van der Waals surface area contributed by atoms with Gasteiger partial charge in [0.25, 0.3) is 0 Å². The van der Waals surface area contributed by atoms with Crippen molar-refractivity contribution < 1.29 is 0 Å². The van der Waals surface area contributed by atoms with E-state index < -0.39 is 0 Å². The molecular weight excluding hydrogens is 242 g/mol. The molecule has 1 aromatic heterocycles. The molecule has 1 heteroatoms. The molecule has 0 unspecified atom stereocenters. The lowest BCUT2D eigenvalue weighted by Gasteiger charge is -2.06. The average molecular weight is 261 g/mol. The second-order valence-corrected chi connectivity index (χ2v) is 6.29. The Morgan fingerprint density at radius 2 is 1.95 bits per heavy atom. The third kappa shape index (κ3) is 1.70. The van der Waals surface area contributed by atoms with Crippen molar-refractivity contribution in [2.75, 3.05) is 0 Å². The summed E-state index contributed by atoms with van der Waals surface area (Å²) in [6.07, 6.45) is 2.19. The number of hydrogen-bond donors (Lipinski definition) is 1. The molecule has 2 aromatic carbocycles. The zero-order valence-electron chi connectivity index (χ0n) is 12.0. The van der Waals surface area contributed by atoms with Crippen LogP contribution < -0.4 is 0 Å². The summed E-state index contributed by atoms with van der Waals surface area (Å²) in [4.78, 5) is 3.60. The van der Waals surface area contributed by atoms with Crippen molar-refractivity contribution in [3.63, 3.8) is 0 Å². The summed E-state index contributed by atoms with van der Waals surface area (Å²) in [7, 11) is 0. The van der Waals surface area contributed by atoms with Gasteiger partial charge in [-0.1, -0.05) is 44.2 Å². The van der Waals surface area contributed by atoms with Crippen LogP contribution in [-0.2, 0) is 12.8 Å². The molecule has 0 aliphatic heterocycles. The molecule has 1 nitrogen and oxygen atoms in total. The van der Waals surface area contributed by atoms with Gasteiger partial charge in [0, 0.05) is 28.6 Å². The smallest absolute Gasteiger partial charge is 0.0462 e. The van der Waals surface area contributed by atoms with E-state index >= 15 is 0 Å². The molecule has 1 aliphatic rings. The number of nitrogens with one attached hydrogen (secondary N) is 1. The Morgan fingerprint density at radius 1 is 1.10 bits per heavy atom. The maximum atomic E-state index is 3.60. The SMILES string of the molecule is CC(C)Cc1ccc2[nH]c3c(c2c1)-c1ccccc1C3. The standard InChI is InChI=1S/C19H19N/c1-12(2)9-13-7-8-17-16(10-13)19-15-6-4-3-5-14(15)11-18(19)20-17/h3-8,10,12,20H,9,11H2,1-2H3. The van der Waals surface area contributed by atoms with Gasteiger partial charge in [0.15, 0.2) is 0 Å². The van der Waals surface area contributed by atoms with E-state index in [1.54, 1.807) is 0 Å². The first-order valence-corrected chi connectivity index (χ1v) is 7.44. The molecule has 1 heterocycles. The number of H-pyrrole nitrogens is 1. The number of rotatable bonds is 2. The van der Waals surface area contributed by atoms with Gasteiger partial charge in [-0.15, -0.1) is 0 Å². The molecule has 1 aliphatic carbocycles. The molecule has 3 aromatic rings. The van der Waals surface area contributed by atoms with E-state index in [0.717, 1.165) is 12.8 Å². The van der Waals surface area contributed by atoms with Gasteiger partial charge >= 0.3 is 0 Å². The summed E-state index contributed by atoms with van der Waals surface area (Å²) in [6.45, 7) is 4.56. The van der Waals surface area contributed by atoms with Gasteiger partial charge in [0.05, 0.1) is 0 Å². The Bertz CT molecular complexity index is 793. The van der Waals surface area contributed by atoms with Crippen LogP contribution in [0.25, 0.3) is 22.0 Å². The molecule has 100 valence electrons. The van der Waals surface area contributed by atoms with Crippen LogP contribution in [0.1, 0.15) is 30.7 Å². The highest BCUT2D eigenvalue weighted by Crippen LogP contribution is 2.41. The first-order valence-electron chi connectivity index (χ1n) is 7.44. The van der Waals surface area contributed by atoms with E-state index in [2.05, 4.69) is 61.3 Å². The van der Waals surface area contributed by atoms with Gasteiger partial charge in [-0.2, -0.15) is 0 Å². The van der Waals surface area contributed by atoms with E-state index in [0.29, 0.717) is 5.92 Å². The number of aromatic amines is 1. The van der Waals surface area contributed by atoms with E-state index in [4.69, 9.17) is 0 Å². The maximum Gasteiger partial charge on any atom is 0.0462 e. The monoisotopic (exact) mass is 261 g/mol. The number of aromatic nitrogens is 1. The summed E-state index contributed by atoms with van der Waals surface area (Å²) in [6, 6.07) is 15.7. The number of fused-ring (bicyclic) bond motifs is 5. The summed E-state index contributed by atoms with van der Waals surface area (Å²) >= 11 is 0. The largest absolute Gasteiger partial charge is 0.358 e. The second kappa shape index (κ2) is 4.24. The Labute approximate surface area is 119 Å². The Kier molecular flexibility index (Phi) is 2.50. The summed E-state index contributed by atoms with van der Waals surface area (Å²) in [5, 5.41) is 1.39. The van der Waals surface area contributed by atoms with Gasteiger partial charge in [0.2, 0.25) is 0 Å². The fourth-order valence-electron chi connectivity index (χ4n) is 3.44. The molecule has 1 N–H and O–H groups in total. The van der Waals surface area contributed by atoms with Gasteiger partial charge in [-0.05, 0) is 41.2 Å². The lowest BCUT2D eigenvalue weighted by atomic mass is 9.99. The Balaban J connectivity index is 1.93. The Morgan fingerprint density at radius 3 is 2.80 bits per heavy atom. The van der Waals surface area contributed by atoms with Crippen LogP contribution in [0.3, 0.4) is 0 Å². The maximum absolute atomic E-state index is 3.60. The van der Waals surface area contributed by atoms with Crippen molar-refractivity contribution in [2.45, 2.75) is 26.7 Å². The first-order chi connectivity index (χ1) is 9.72. The molecule has 20 heavy (non-hydrogen) atoms. The third-order valence-corrected chi connectivity index (χ3v) is 4.24. The van der Waals surface area contributed by atoms with E-state index in [9.17, 15) is 0 Å². The zero-order valence-corrected chi connectivity index (χ0v) is 12.0. The molecule has 0 amide bonds. The lowest BCUT2D eigenvalue weighted by molar-refractivity contribution is 0.648. The van der Waals surface area contributed by atoms with Crippen molar-refractivity contribution in [1.82, 2.24) is 4.98 Å². The quantitative estimate of drug-likeness (QED) is 0.526. The van der Waals surface area contributed by atoms with Crippen molar-refractivity contribution in [3.8, 4) is 11.1 Å². The minimum absolute atomic E-state index is 0.701. The van der Waals surface area contributed by atoms with Gasteiger partial charge in [-0.3, -0.25) is 0 Å². The molecule has 0 saturated carbocycles. The van der Waals surface area contributed by atoms with Crippen LogP contribution in [-0.4, -0.2) is 4.98 Å². The van der Waals surface area contributed by atoms with Crippen LogP contribution in [0, 0.1) is 5.92 Å². The predicted molar refractivity (Wildman–Crippen MR) is 85.1 cm³/mol. The Hall–Kier alpha value is -2.02. The normalized spacial score (nSPS) is 12.9. The molecule has 0 saturated heterocycles. The highest BCUT2D eigenvalue weighted by atomic mass is 14.7. The fraction of sp³-hybridized carbons (Fsp3) is 0.263. The van der Waals surface area contributed by atoms with Crippen LogP contribution >= 0.6 is 0 Å². The molecule has 4 rings (SSSR count). The predicted octanol–water partition coefficient (Wildman–Crippen LogP) is 4.94. The molecular formula is C19H19N. The van der Waals surface area contributed by atoms with Gasteiger partial charge < -0.3 is 4.98 Å². The second-order valence-electron chi connectivity index (χ2n) is 6.29. The highest BCUT2D eigenvalue weighted by Gasteiger charge is 2.22. The highest BCUT2D eigenvalue weighted by molar-refractivity contribution is 6.00. The number of hydrogen-bond acceptors (Lipinski definition) is 0.